The van der Waals surface area contributed by atoms with Gasteiger partial charge in [0.2, 0.25) is 0 Å². The highest BCUT2D eigenvalue weighted by molar-refractivity contribution is 5.85. The van der Waals surface area contributed by atoms with E-state index >= 15 is 0 Å². The minimum atomic E-state index is 0.674. The highest BCUT2D eigenvalue weighted by Gasteiger charge is 2.23. The number of hydrogen-bond donors (Lipinski definition) is 1. The summed E-state index contributed by atoms with van der Waals surface area (Å²) in [5.74, 6) is 0.674. The zero-order chi connectivity index (χ0) is 12.7. The van der Waals surface area contributed by atoms with Crippen LogP contribution in [0.3, 0.4) is 0 Å². The quantitative estimate of drug-likeness (QED) is 0.654. The summed E-state index contributed by atoms with van der Waals surface area (Å²) in [6, 6.07) is 19.6. The molecule has 0 amide bonds. The monoisotopic (exact) mass is 247 g/mol. The third-order valence-electron chi connectivity index (χ3n) is 4.37. The maximum absolute atomic E-state index is 3.59. The molecular formula is C18H17N. The van der Waals surface area contributed by atoms with Crippen molar-refractivity contribution in [2.24, 2.45) is 0 Å². The van der Waals surface area contributed by atoms with Crippen molar-refractivity contribution in [1.82, 2.24) is 4.98 Å². The van der Waals surface area contributed by atoms with E-state index in [1.54, 1.807) is 0 Å². The fourth-order valence-electron chi connectivity index (χ4n) is 3.38. The molecule has 1 aromatic heterocycles. The van der Waals surface area contributed by atoms with E-state index in [0.29, 0.717) is 5.92 Å². The number of hydrogen-bond acceptors (Lipinski definition) is 0. The van der Waals surface area contributed by atoms with Crippen molar-refractivity contribution in [2.45, 2.75) is 25.2 Å². The van der Waals surface area contributed by atoms with Crippen molar-refractivity contribution in [3.63, 3.8) is 0 Å². The number of nitrogens with one attached hydrogen (secondary N) is 1. The molecule has 0 unspecified atom stereocenters. The van der Waals surface area contributed by atoms with Crippen molar-refractivity contribution in [3.8, 4) is 0 Å². The Balaban J connectivity index is 1.77. The first-order valence-electron chi connectivity index (χ1n) is 7.05. The molecular weight excluding hydrogens is 230 g/mol. The molecule has 1 heterocycles. The van der Waals surface area contributed by atoms with Crippen LogP contribution in [0.4, 0.5) is 0 Å². The number of H-pyrrole nitrogens is 1. The second-order valence-corrected chi connectivity index (χ2v) is 5.48. The highest BCUT2D eigenvalue weighted by Crippen LogP contribution is 2.36. The van der Waals surface area contributed by atoms with E-state index in [1.165, 1.54) is 47.0 Å². The third-order valence-corrected chi connectivity index (χ3v) is 4.37. The van der Waals surface area contributed by atoms with Gasteiger partial charge in [-0.2, -0.15) is 0 Å². The summed E-state index contributed by atoms with van der Waals surface area (Å²) >= 11 is 0. The average Bonchev–Trinajstić information content (AvgIpc) is 2.86. The van der Waals surface area contributed by atoms with E-state index in [-0.39, 0.29) is 0 Å². The van der Waals surface area contributed by atoms with Crippen molar-refractivity contribution >= 4 is 10.9 Å². The van der Waals surface area contributed by atoms with E-state index in [4.69, 9.17) is 0 Å². The SMILES string of the molecule is c1ccc([C@H]2CCc3[nH]c4ccccc4c3C2)cc1. The standard InChI is InChI=1S/C18H17N/c1-2-6-13(7-3-1)14-10-11-18-16(12-14)15-8-4-5-9-17(15)19-18/h1-9,14,19H,10-12H2/t14-/m0/s1. The Morgan fingerprint density at radius 1 is 0.895 bits per heavy atom. The molecule has 2 aromatic carbocycles. The van der Waals surface area contributed by atoms with Gasteiger partial charge in [-0.1, -0.05) is 48.5 Å². The average molecular weight is 247 g/mol. The number of fused-ring (bicyclic) bond motifs is 3. The number of aryl methyl sites for hydroxylation is 1. The van der Waals surface area contributed by atoms with Gasteiger partial charge >= 0.3 is 0 Å². The van der Waals surface area contributed by atoms with Crippen LogP contribution in [0.25, 0.3) is 10.9 Å². The van der Waals surface area contributed by atoms with Gasteiger partial charge in [0, 0.05) is 16.6 Å². The topological polar surface area (TPSA) is 15.8 Å². The molecule has 0 aliphatic heterocycles. The Hall–Kier alpha value is -2.02. The van der Waals surface area contributed by atoms with Gasteiger partial charge in [0.1, 0.15) is 0 Å². The van der Waals surface area contributed by atoms with Crippen molar-refractivity contribution in [3.05, 3.63) is 71.4 Å². The lowest BCUT2D eigenvalue weighted by molar-refractivity contribution is 0.582. The molecule has 0 bridgehead atoms. The zero-order valence-electron chi connectivity index (χ0n) is 10.9. The Morgan fingerprint density at radius 2 is 1.68 bits per heavy atom. The molecule has 1 N–H and O–H groups in total. The summed E-state index contributed by atoms with van der Waals surface area (Å²) in [5.41, 5.74) is 5.77. The summed E-state index contributed by atoms with van der Waals surface area (Å²) in [7, 11) is 0. The molecule has 1 aliphatic carbocycles. The van der Waals surface area contributed by atoms with Crippen LogP contribution in [-0.2, 0) is 12.8 Å². The Bertz CT molecular complexity index is 709. The van der Waals surface area contributed by atoms with Gasteiger partial charge in [-0.3, -0.25) is 0 Å². The highest BCUT2D eigenvalue weighted by atomic mass is 14.7. The fourth-order valence-corrected chi connectivity index (χ4v) is 3.38. The fraction of sp³-hybridized carbons (Fsp3) is 0.222. The predicted molar refractivity (Wildman–Crippen MR) is 79.5 cm³/mol. The van der Waals surface area contributed by atoms with Crippen LogP contribution < -0.4 is 0 Å². The first-order chi connectivity index (χ1) is 9.42. The summed E-state index contributed by atoms with van der Waals surface area (Å²) in [6.45, 7) is 0. The summed E-state index contributed by atoms with van der Waals surface area (Å²) < 4.78 is 0. The summed E-state index contributed by atoms with van der Waals surface area (Å²) in [6.07, 6.45) is 3.59. The molecule has 1 nitrogen and oxygen atoms in total. The van der Waals surface area contributed by atoms with Crippen LogP contribution in [0, 0.1) is 0 Å². The van der Waals surface area contributed by atoms with E-state index in [2.05, 4.69) is 59.6 Å². The molecule has 1 heteroatoms. The van der Waals surface area contributed by atoms with E-state index < -0.39 is 0 Å². The Labute approximate surface area is 113 Å². The van der Waals surface area contributed by atoms with Crippen LogP contribution in [0.15, 0.2) is 54.6 Å². The molecule has 0 radical (unpaired) electrons. The van der Waals surface area contributed by atoms with Crippen LogP contribution in [0.2, 0.25) is 0 Å². The Morgan fingerprint density at radius 3 is 2.58 bits per heavy atom. The lowest BCUT2D eigenvalue weighted by atomic mass is 9.82. The first kappa shape index (κ1) is 10.9. The van der Waals surface area contributed by atoms with Gasteiger partial charge in [0.15, 0.2) is 0 Å². The zero-order valence-corrected chi connectivity index (χ0v) is 10.9. The van der Waals surface area contributed by atoms with Gasteiger partial charge in [-0.25, -0.2) is 0 Å². The number of aromatic amines is 1. The van der Waals surface area contributed by atoms with Crippen LogP contribution in [0.1, 0.15) is 29.2 Å². The Kier molecular flexibility index (Phi) is 2.44. The largest absolute Gasteiger partial charge is 0.358 e. The van der Waals surface area contributed by atoms with Crippen molar-refractivity contribution in [2.75, 3.05) is 0 Å². The number of aromatic nitrogens is 1. The normalized spacial score (nSPS) is 18.4. The smallest absolute Gasteiger partial charge is 0.0458 e. The lowest BCUT2D eigenvalue weighted by Crippen LogP contribution is -2.11. The van der Waals surface area contributed by atoms with E-state index in [1.807, 2.05) is 0 Å². The van der Waals surface area contributed by atoms with Crippen LogP contribution in [0.5, 0.6) is 0 Å². The van der Waals surface area contributed by atoms with Crippen LogP contribution in [-0.4, -0.2) is 4.98 Å². The molecule has 1 aliphatic rings. The maximum Gasteiger partial charge on any atom is 0.0458 e. The minimum absolute atomic E-state index is 0.674. The van der Waals surface area contributed by atoms with Crippen molar-refractivity contribution in [1.29, 1.82) is 0 Å². The maximum atomic E-state index is 3.59. The van der Waals surface area contributed by atoms with Crippen LogP contribution >= 0.6 is 0 Å². The minimum Gasteiger partial charge on any atom is -0.358 e. The third kappa shape index (κ3) is 1.77. The second kappa shape index (κ2) is 4.27. The van der Waals surface area contributed by atoms with E-state index in [9.17, 15) is 0 Å². The molecule has 0 saturated heterocycles. The summed E-state index contributed by atoms with van der Waals surface area (Å²) in [5, 5.41) is 1.41. The van der Waals surface area contributed by atoms with Gasteiger partial charge < -0.3 is 4.98 Å². The number of rotatable bonds is 1. The molecule has 19 heavy (non-hydrogen) atoms. The van der Waals surface area contributed by atoms with Gasteiger partial charge in [-0.05, 0) is 42.4 Å². The molecule has 0 saturated carbocycles. The van der Waals surface area contributed by atoms with Crippen molar-refractivity contribution < 1.29 is 0 Å². The molecule has 3 aromatic rings. The van der Waals surface area contributed by atoms with Gasteiger partial charge in [0.05, 0.1) is 0 Å². The number of benzene rings is 2. The second-order valence-electron chi connectivity index (χ2n) is 5.48. The first-order valence-corrected chi connectivity index (χ1v) is 7.05. The molecule has 0 spiro atoms. The molecule has 1 atom stereocenters. The molecule has 0 fully saturated rings. The number of para-hydroxylation sites is 1. The van der Waals surface area contributed by atoms with E-state index in [0.717, 1.165) is 0 Å². The van der Waals surface area contributed by atoms with Gasteiger partial charge in [0.25, 0.3) is 0 Å². The predicted octanol–water partition coefficient (Wildman–Crippen LogP) is 4.44. The van der Waals surface area contributed by atoms with Gasteiger partial charge in [-0.15, -0.1) is 0 Å². The molecule has 4 rings (SSSR count). The summed E-state index contributed by atoms with van der Waals surface area (Å²) in [4.78, 5) is 3.59. The molecule has 94 valence electrons. The lowest BCUT2D eigenvalue weighted by Gasteiger charge is -2.22.